The predicted octanol–water partition coefficient (Wildman–Crippen LogP) is 3.09. The predicted molar refractivity (Wildman–Crippen MR) is 117 cm³/mol. The maximum Gasteiger partial charge on any atom is 0.248 e. The molecule has 0 spiro atoms. The van der Waals surface area contributed by atoms with Crippen molar-refractivity contribution in [3.05, 3.63) is 35.2 Å². The minimum atomic E-state index is -0.371. The number of amides is 1. The lowest BCUT2D eigenvalue weighted by molar-refractivity contribution is -0.138. The second kappa shape index (κ2) is 9.93. The first kappa shape index (κ1) is 22.1. The van der Waals surface area contributed by atoms with Crippen LogP contribution in [0, 0.1) is 5.41 Å². The zero-order valence-corrected chi connectivity index (χ0v) is 18.5. The van der Waals surface area contributed by atoms with E-state index in [-0.39, 0.29) is 17.9 Å². The summed E-state index contributed by atoms with van der Waals surface area (Å²) in [6, 6.07) is 7.29. The summed E-state index contributed by atoms with van der Waals surface area (Å²) in [6.07, 6.45) is 3.93. The van der Waals surface area contributed by atoms with Crippen molar-refractivity contribution in [1.29, 1.82) is 0 Å². The van der Waals surface area contributed by atoms with Gasteiger partial charge in [-0.25, -0.2) is 4.99 Å². The number of aromatic nitrogens is 2. The van der Waals surface area contributed by atoms with E-state index < -0.39 is 0 Å². The molecule has 2 N–H and O–H groups in total. The van der Waals surface area contributed by atoms with Crippen molar-refractivity contribution in [2.45, 2.75) is 39.2 Å². The van der Waals surface area contributed by atoms with Crippen LogP contribution in [0.1, 0.15) is 38.5 Å². The van der Waals surface area contributed by atoms with Crippen LogP contribution >= 0.6 is 11.6 Å². The molecule has 1 aliphatic rings. The quantitative estimate of drug-likeness (QED) is 0.515. The summed E-state index contributed by atoms with van der Waals surface area (Å²) in [5.41, 5.74) is 0.418. The van der Waals surface area contributed by atoms with E-state index in [0.717, 1.165) is 31.2 Å². The van der Waals surface area contributed by atoms with Crippen LogP contribution in [0.25, 0.3) is 11.4 Å². The number of benzene rings is 1. The average Bonchev–Trinajstić information content (AvgIpc) is 3.40. The van der Waals surface area contributed by atoms with Crippen molar-refractivity contribution in [3.63, 3.8) is 0 Å². The summed E-state index contributed by atoms with van der Waals surface area (Å²) in [5.74, 6) is 1.67. The number of hydrogen-bond donors (Lipinski definition) is 2. The third-order valence-electron chi connectivity index (χ3n) is 5.28. The zero-order chi connectivity index (χ0) is 21.6. The molecule has 1 aromatic carbocycles. The first-order valence-electron chi connectivity index (χ1n) is 10.3. The minimum absolute atomic E-state index is 0.173. The Morgan fingerprint density at radius 2 is 2.07 bits per heavy atom. The first-order valence-corrected chi connectivity index (χ1v) is 10.6. The van der Waals surface area contributed by atoms with E-state index in [9.17, 15) is 4.79 Å². The Hall–Kier alpha value is -2.61. The molecule has 0 aliphatic heterocycles. The number of guanidine groups is 1. The summed E-state index contributed by atoms with van der Waals surface area (Å²) >= 11 is 6.03. The molecule has 0 atom stereocenters. The van der Waals surface area contributed by atoms with Crippen LogP contribution < -0.4 is 10.6 Å². The maximum absolute atomic E-state index is 12.8. The molecule has 0 unspecified atom stereocenters. The van der Waals surface area contributed by atoms with Crippen molar-refractivity contribution >= 4 is 23.5 Å². The Morgan fingerprint density at radius 1 is 1.30 bits per heavy atom. The summed E-state index contributed by atoms with van der Waals surface area (Å²) in [6.45, 7) is 3.49. The SMILES string of the molecule is CCNC(=NCc1nc(-c2cccc(Cl)c2)no1)NCC1(C(=O)N(C)C)CCCC1. The van der Waals surface area contributed by atoms with Crippen molar-refractivity contribution in [3.8, 4) is 11.4 Å². The molecule has 1 aromatic heterocycles. The van der Waals surface area contributed by atoms with Gasteiger partial charge in [0.15, 0.2) is 5.96 Å². The summed E-state index contributed by atoms with van der Waals surface area (Å²) in [4.78, 5) is 23.4. The minimum Gasteiger partial charge on any atom is -0.357 e. The number of nitrogens with one attached hydrogen (secondary N) is 2. The number of rotatable bonds is 7. The number of carbonyl (C=O) groups is 1. The highest BCUT2D eigenvalue weighted by Crippen LogP contribution is 2.38. The van der Waals surface area contributed by atoms with Crippen molar-refractivity contribution in [1.82, 2.24) is 25.7 Å². The third kappa shape index (κ3) is 5.30. The highest BCUT2D eigenvalue weighted by Gasteiger charge is 2.42. The van der Waals surface area contributed by atoms with Gasteiger partial charge in [0.25, 0.3) is 0 Å². The Labute approximate surface area is 182 Å². The van der Waals surface area contributed by atoms with E-state index >= 15 is 0 Å². The third-order valence-corrected chi connectivity index (χ3v) is 5.52. The summed E-state index contributed by atoms with van der Waals surface area (Å²) < 4.78 is 5.33. The van der Waals surface area contributed by atoms with Gasteiger partial charge in [-0.3, -0.25) is 4.79 Å². The molecule has 1 saturated carbocycles. The van der Waals surface area contributed by atoms with Crippen LogP contribution in [0.3, 0.4) is 0 Å². The van der Waals surface area contributed by atoms with Gasteiger partial charge in [0, 0.05) is 37.8 Å². The van der Waals surface area contributed by atoms with Gasteiger partial charge in [-0.1, -0.05) is 41.7 Å². The highest BCUT2D eigenvalue weighted by molar-refractivity contribution is 6.30. The Bertz CT molecular complexity index is 889. The molecular formula is C21H29ClN6O2. The fourth-order valence-electron chi connectivity index (χ4n) is 3.80. The van der Waals surface area contributed by atoms with Crippen LogP contribution in [0.5, 0.6) is 0 Å². The monoisotopic (exact) mass is 432 g/mol. The molecule has 0 saturated heterocycles. The first-order chi connectivity index (χ1) is 14.4. The lowest BCUT2D eigenvalue weighted by Crippen LogP contribution is -2.49. The van der Waals surface area contributed by atoms with E-state index in [0.29, 0.717) is 35.8 Å². The molecule has 1 aliphatic carbocycles. The molecule has 1 heterocycles. The summed E-state index contributed by atoms with van der Waals surface area (Å²) in [5, 5.41) is 11.2. The van der Waals surface area contributed by atoms with Crippen LogP contribution in [0.2, 0.25) is 5.02 Å². The number of carbonyl (C=O) groups excluding carboxylic acids is 1. The van der Waals surface area contributed by atoms with E-state index in [1.54, 1.807) is 17.0 Å². The molecule has 8 nitrogen and oxygen atoms in total. The fourth-order valence-corrected chi connectivity index (χ4v) is 3.99. The summed E-state index contributed by atoms with van der Waals surface area (Å²) in [7, 11) is 3.63. The van der Waals surface area contributed by atoms with Crippen LogP contribution in [-0.4, -0.2) is 54.1 Å². The maximum atomic E-state index is 12.8. The van der Waals surface area contributed by atoms with Gasteiger partial charge in [-0.15, -0.1) is 0 Å². The Morgan fingerprint density at radius 3 is 2.73 bits per heavy atom. The van der Waals surface area contributed by atoms with Gasteiger partial charge in [0.1, 0.15) is 6.54 Å². The largest absolute Gasteiger partial charge is 0.357 e. The smallest absolute Gasteiger partial charge is 0.248 e. The standard InChI is InChI=1S/C21H29ClN6O2/c1-4-23-20(25-14-21(10-5-6-11-21)19(29)28(2)3)24-13-17-26-18(27-30-17)15-8-7-9-16(22)12-15/h7-9,12H,4-6,10-11,13-14H2,1-3H3,(H2,23,24,25). The molecule has 1 amide bonds. The second-order valence-corrected chi connectivity index (χ2v) is 8.19. The van der Waals surface area contributed by atoms with Crippen LogP contribution in [0.4, 0.5) is 0 Å². The normalized spacial score (nSPS) is 15.8. The Kier molecular flexibility index (Phi) is 7.31. The van der Waals surface area contributed by atoms with Gasteiger partial charge in [-0.05, 0) is 31.9 Å². The molecule has 3 rings (SSSR count). The van der Waals surface area contributed by atoms with Gasteiger partial charge in [-0.2, -0.15) is 4.98 Å². The van der Waals surface area contributed by atoms with Crippen molar-refractivity contribution in [2.24, 2.45) is 10.4 Å². The molecule has 0 radical (unpaired) electrons. The molecule has 2 aromatic rings. The number of nitrogens with zero attached hydrogens (tertiary/aromatic N) is 4. The van der Waals surface area contributed by atoms with E-state index in [4.69, 9.17) is 16.1 Å². The molecule has 9 heteroatoms. The van der Waals surface area contributed by atoms with Crippen molar-refractivity contribution < 1.29 is 9.32 Å². The van der Waals surface area contributed by atoms with Crippen LogP contribution in [-0.2, 0) is 11.3 Å². The topological polar surface area (TPSA) is 95.6 Å². The zero-order valence-electron chi connectivity index (χ0n) is 17.7. The van der Waals surface area contributed by atoms with Crippen LogP contribution in [0.15, 0.2) is 33.8 Å². The lowest BCUT2D eigenvalue weighted by atomic mass is 9.84. The van der Waals surface area contributed by atoms with E-state index in [1.807, 2.05) is 33.2 Å². The second-order valence-electron chi connectivity index (χ2n) is 7.76. The Balaban J connectivity index is 1.67. The number of aliphatic imine (C=N–C) groups is 1. The fraction of sp³-hybridized carbons (Fsp3) is 0.524. The molecule has 0 bridgehead atoms. The number of hydrogen-bond acceptors (Lipinski definition) is 5. The van der Waals surface area contributed by atoms with E-state index in [2.05, 4.69) is 25.8 Å². The molecule has 162 valence electrons. The lowest BCUT2D eigenvalue weighted by Gasteiger charge is -2.31. The van der Waals surface area contributed by atoms with E-state index in [1.165, 1.54) is 0 Å². The van der Waals surface area contributed by atoms with Gasteiger partial charge >= 0.3 is 0 Å². The average molecular weight is 433 g/mol. The van der Waals surface area contributed by atoms with Gasteiger partial charge in [0.2, 0.25) is 17.6 Å². The molecule has 30 heavy (non-hydrogen) atoms. The molecule has 1 fully saturated rings. The van der Waals surface area contributed by atoms with Crippen molar-refractivity contribution in [2.75, 3.05) is 27.2 Å². The van der Waals surface area contributed by atoms with Gasteiger partial charge < -0.3 is 20.1 Å². The number of halogens is 1. The molecular weight excluding hydrogens is 404 g/mol. The van der Waals surface area contributed by atoms with Gasteiger partial charge in [0.05, 0.1) is 5.41 Å². The highest BCUT2D eigenvalue weighted by atomic mass is 35.5.